The topological polar surface area (TPSA) is 60.9 Å². The molecule has 0 radical (unpaired) electrons. The maximum absolute atomic E-state index is 12.8. The van der Waals surface area contributed by atoms with Gasteiger partial charge in [0, 0.05) is 24.0 Å². The molecule has 134 valence electrons. The van der Waals surface area contributed by atoms with E-state index in [0.29, 0.717) is 43.4 Å². The van der Waals surface area contributed by atoms with E-state index >= 15 is 0 Å². The number of thiazole rings is 1. The normalized spacial score (nSPS) is 17.4. The van der Waals surface area contributed by atoms with Crippen LogP contribution in [0.1, 0.15) is 29.4 Å². The second kappa shape index (κ2) is 8.31. The standard InChI is InChI=1S/C18H22N2O4S/c1-3-15-9-20(6-7-23-15)18(21)13-4-5-16(17(8-13)22-2)24-10-14-11-25-12-19-14/h4-5,8,11-12,15H,3,6-7,9-10H2,1-2H3. The lowest BCUT2D eigenvalue weighted by Crippen LogP contribution is -2.45. The first-order valence-electron chi connectivity index (χ1n) is 8.30. The van der Waals surface area contributed by atoms with Crippen molar-refractivity contribution in [1.82, 2.24) is 9.88 Å². The first kappa shape index (κ1) is 17.7. The maximum Gasteiger partial charge on any atom is 0.254 e. The Hall–Kier alpha value is -2.12. The Balaban J connectivity index is 1.70. The van der Waals surface area contributed by atoms with Crippen molar-refractivity contribution in [1.29, 1.82) is 0 Å². The summed E-state index contributed by atoms with van der Waals surface area (Å²) in [4.78, 5) is 18.8. The predicted octanol–water partition coefficient (Wildman–Crippen LogP) is 2.98. The molecule has 1 unspecified atom stereocenters. The van der Waals surface area contributed by atoms with E-state index in [1.165, 1.54) is 11.3 Å². The van der Waals surface area contributed by atoms with Crippen LogP contribution in [0.2, 0.25) is 0 Å². The average Bonchev–Trinajstić information content (AvgIpc) is 3.19. The molecule has 2 heterocycles. The summed E-state index contributed by atoms with van der Waals surface area (Å²) < 4.78 is 16.8. The molecule has 0 spiro atoms. The lowest BCUT2D eigenvalue weighted by Gasteiger charge is -2.32. The highest BCUT2D eigenvalue weighted by molar-refractivity contribution is 7.07. The Labute approximate surface area is 151 Å². The van der Waals surface area contributed by atoms with E-state index in [4.69, 9.17) is 14.2 Å². The zero-order chi connectivity index (χ0) is 17.6. The summed E-state index contributed by atoms with van der Waals surface area (Å²) in [5.74, 6) is 1.13. The van der Waals surface area contributed by atoms with Gasteiger partial charge in [-0.15, -0.1) is 11.3 Å². The molecular formula is C18H22N2O4S. The van der Waals surface area contributed by atoms with Crippen LogP contribution in [-0.2, 0) is 11.3 Å². The molecule has 1 aliphatic heterocycles. The zero-order valence-corrected chi connectivity index (χ0v) is 15.3. The first-order chi connectivity index (χ1) is 12.2. The highest BCUT2D eigenvalue weighted by Crippen LogP contribution is 2.29. The van der Waals surface area contributed by atoms with Gasteiger partial charge in [-0.2, -0.15) is 0 Å². The van der Waals surface area contributed by atoms with Gasteiger partial charge in [0.05, 0.1) is 31.0 Å². The third-order valence-corrected chi connectivity index (χ3v) is 4.79. The molecule has 6 nitrogen and oxygen atoms in total. The number of carbonyl (C=O) groups is 1. The number of nitrogens with zero attached hydrogens (tertiary/aromatic N) is 2. The van der Waals surface area contributed by atoms with Gasteiger partial charge in [0.1, 0.15) is 6.61 Å². The van der Waals surface area contributed by atoms with Gasteiger partial charge in [-0.05, 0) is 24.6 Å². The highest BCUT2D eigenvalue weighted by atomic mass is 32.1. The number of ether oxygens (including phenoxy) is 3. The van der Waals surface area contributed by atoms with Crippen molar-refractivity contribution in [3.8, 4) is 11.5 Å². The Morgan fingerprint density at radius 3 is 3.04 bits per heavy atom. The summed E-state index contributed by atoms with van der Waals surface area (Å²) in [7, 11) is 1.57. The van der Waals surface area contributed by atoms with E-state index in [-0.39, 0.29) is 12.0 Å². The summed E-state index contributed by atoms with van der Waals surface area (Å²) in [6.45, 7) is 4.25. The molecule has 25 heavy (non-hydrogen) atoms. The van der Waals surface area contributed by atoms with Gasteiger partial charge in [0.15, 0.2) is 11.5 Å². The van der Waals surface area contributed by atoms with Crippen LogP contribution in [0.15, 0.2) is 29.1 Å². The van der Waals surface area contributed by atoms with Gasteiger partial charge in [-0.1, -0.05) is 6.92 Å². The van der Waals surface area contributed by atoms with Crippen LogP contribution in [0, 0.1) is 0 Å². The summed E-state index contributed by atoms with van der Waals surface area (Å²) in [5, 5.41) is 1.94. The van der Waals surface area contributed by atoms with Crippen LogP contribution in [-0.4, -0.2) is 48.7 Å². The van der Waals surface area contributed by atoms with Crippen molar-refractivity contribution in [3.63, 3.8) is 0 Å². The van der Waals surface area contributed by atoms with Crippen molar-refractivity contribution in [2.45, 2.75) is 26.1 Å². The Kier molecular flexibility index (Phi) is 5.88. The molecule has 1 atom stereocenters. The molecule has 3 rings (SSSR count). The fourth-order valence-corrected chi connectivity index (χ4v) is 3.26. The summed E-state index contributed by atoms with van der Waals surface area (Å²) in [5.41, 5.74) is 3.23. The molecule has 1 aliphatic rings. The van der Waals surface area contributed by atoms with Crippen molar-refractivity contribution in [2.24, 2.45) is 0 Å². The number of benzene rings is 1. The highest BCUT2D eigenvalue weighted by Gasteiger charge is 2.24. The van der Waals surface area contributed by atoms with E-state index in [1.54, 1.807) is 30.8 Å². The Morgan fingerprint density at radius 2 is 2.32 bits per heavy atom. The van der Waals surface area contributed by atoms with Gasteiger partial charge in [-0.25, -0.2) is 4.98 Å². The number of hydrogen-bond donors (Lipinski definition) is 0. The molecule has 0 N–H and O–H groups in total. The molecule has 0 bridgehead atoms. The molecular weight excluding hydrogens is 340 g/mol. The van der Waals surface area contributed by atoms with Gasteiger partial charge in [0.2, 0.25) is 0 Å². The van der Waals surface area contributed by atoms with Crippen LogP contribution in [0.3, 0.4) is 0 Å². The average molecular weight is 362 g/mol. The fourth-order valence-electron chi connectivity index (χ4n) is 2.71. The molecule has 0 aliphatic carbocycles. The SMILES string of the molecule is CCC1CN(C(=O)c2ccc(OCc3cscn3)c(OC)c2)CCO1. The lowest BCUT2D eigenvalue weighted by atomic mass is 10.1. The summed E-state index contributed by atoms with van der Waals surface area (Å²) >= 11 is 1.53. The van der Waals surface area contributed by atoms with Gasteiger partial charge < -0.3 is 19.1 Å². The van der Waals surface area contributed by atoms with Gasteiger partial charge in [0.25, 0.3) is 5.91 Å². The fraction of sp³-hybridized carbons (Fsp3) is 0.444. The number of methoxy groups -OCH3 is 1. The minimum atomic E-state index is -0.00824. The number of carbonyl (C=O) groups excluding carboxylic acids is 1. The molecule has 1 aromatic carbocycles. The zero-order valence-electron chi connectivity index (χ0n) is 14.4. The minimum absolute atomic E-state index is 0.00824. The second-order valence-electron chi connectivity index (χ2n) is 5.79. The Morgan fingerprint density at radius 1 is 1.44 bits per heavy atom. The summed E-state index contributed by atoms with van der Waals surface area (Å²) in [6.07, 6.45) is 1.01. The molecule has 7 heteroatoms. The molecule has 1 saturated heterocycles. The number of rotatable bonds is 6. The van der Waals surface area contributed by atoms with Crippen LogP contribution < -0.4 is 9.47 Å². The number of hydrogen-bond acceptors (Lipinski definition) is 6. The molecule has 1 amide bonds. The lowest BCUT2D eigenvalue weighted by molar-refractivity contribution is -0.0226. The number of morpholine rings is 1. The van der Waals surface area contributed by atoms with Crippen LogP contribution >= 0.6 is 11.3 Å². The molecule has 1 fully saturated rings. The summed E-state index contributed by atoms with van der Waals surface area (Å²) in [6, 6.07) is 5.28. The van der Waals surface area contributed by atoms with Gasteiger partial charge in [-0.3, -0.25) is 4.79 Å². The smallest absolute Gasteiger partial charge is 0.254 e. The van der Waals surface area contributed by atoms with Crippen LogP contribution in [0.4, 0.5) is 0 Å². The van der Waals surface area contributed by atoms with Crippen LogP contribution in [0.5, 0.6) is 11.5 Å². The van der Waals surface area contributed by atoms with E-state index in [2.05, 4.69) is 11.9 Å². The molecule has 1 aromatic heterocycles. The van der Waals surface area contributed by atoms with E-state index in [1.807, 2.05) is 10.3 Å². The quantitative estimate of drug-likeness (QED) is 0.791. The minimum Gasteiger partial charge on any atom is -0.493 e. The number of amides is 1. The molecule has 0 saturated carbocycles. The van der Waals surface area contributed by atoms with E-state index < -0.39 is 0 Å². The van der Waals surface area contributed by atoms with Gasteiger partial charge >= 0.3 is 0 Å². The van der Waals surface area contributed by atoms with E-state index in [0.717, 1.165) is 12.1 Å². The third kappa shape index (κ3) is 4.29. The third-order valence-electron chi connectivity index (χ3n) is 4.15. The second-order valence-corrected chi connectivity index (χ2v) is 6.50. The number of aromatic nitrogens is 1. The predicted molar refractivity (Wildman–Crippen MR) is 95.4 cm³/mol. The first-order valence-corrected chi connectivity index (χ1v) is 9.24. The Bertz CT molecular complexity index is 705. The van der Waals surface area contributed by atoms with Crippen molar-refractivity contribution >= 4 is 17.2 Å². The monoisotopic (exact) mass is 362 g/mol. The molecule has 2 aromatic rings. The van der Waals surface area contributed by atoms with Crippen LogP contribution in [0.25, 0.3) is 0 Å². The van der Waals surface area contributed by atoms with Crippen molar-refractivity contribution < 1.29 is 19.0 Å². The largest absolute Gasteiger partial charge is 0.493 e. The van der Waals surface area contributed by atoms with Crippen molar-refractivity contribution in [3.05, 3.63) is 40.3 Å². The van der Waals surface area contributed by atoms with Crippen molar-refractivity contribution in [2.75, 3.05) is 26.8 Å². The maximum atomic E-state index is 12.8. The van der Waals surface area contributed by atoms with E-state index in [9.17, 15) is 4.79 Å².